The molecule has 0 unspecified atom stereocenters. The van der Waals surface area contributed by atoms with Gasteiger partial charge in [0.25, 0.3) is 0 Å². The van der Waals surface area contributed by atoms with Gasteiger partial charge in [0, 0.05) is 37.7 Å². The third-order valence-electron chi connectivity index (χ3n) is 4.66. The number of aliphatic hydroxyl groups excluding tert-OH is 1. The lowest BCUT2D eigenvalue weighted by Crippen LogP contribution is -2.24. The molecule has 1 aromatic carbocycles. The van der Waals surface area contributed by atoms with Gasteiger partial charge in [-0.1, -0.05) is 18.1 Å². The van der Waals surface area contributed by atoms with Crippen LogP contribution >= 0.6 is 0 Å². The third-order valence-corrected chi connectivity index (χ3v) is 4.66. The van der Waals surface area contributed by atoms with Crippen LogP contribution in [0.15, 0.2) is 49.0 Å². The summed E-state index contributed by atoms with van der Waals surface area (Å²) < 4.78 is 0. The van der Waals surface area contributed by atoms with Crippen molar-refractivity contribution in [3.05, 3.63) is 54.6 Å². The molecule has 1 amide bonds. The van der Waals surface area contributed by atoms with Crippen LogP contribution in [0, 0.1) is 12.3 Å². The molecule has 172 valence electrons. The molecule has 2 aromatic heterocycles. The molecule has 8 heteroatoms. The van der Waals surface area contributed by atoms with E-state index in [0.717, 1.165) is 28.8 Å². The van der Waals surface area contributed by atoms with Gasteiger partial charge in [-0.25, -0.2) is 15.0 Å². The van der Waals surface area contributed by atoms with E-state index in [2.05, 4.69) is 40.0 Å². The number of rotatable bonds is 6. The third kappa shape index (κ3) is 7.21. The van der Waals surface area contributed by atoms with E-state index >= 15 is 0 Å². The molecule has 0 aliphatic rings. The number of hydrogen-bond donors (Lipinski definition) is 3. The average Bonchev–Trinajstić information content (AvgIpc) is 2.79. The predicted molar refractivity (Wildman–Crippen MR) is 134 cm³/mol. The van der Waals surface area contributed by atoms with E-state index in [1.165, 1.54) is 13.3 Å². The molecule has 0 fully saturated rings. The van der Waals surface area contributed by atoms with Crippen molar-refractivity contribution in [3.8, 4) is 23.6 Å². The fourth-order valence-corrected chi connectivity index (χ4v) is 2.89. The van der Waals surface area contributed by atoms with Crippen molar-refractivity contribution >= 4 is 28.4 Å². The van der Waals surface area contributed by atoms with E-state index < -0.39 is 0 Å². The second kappa shape index (κ2) is 12.1. The molecule has 0 radical (unpaired) electrons. The molecule has 0 aliphatic carbocycles. The van der Waals surface area contributed by atoms with E-state index in [9.17, 15) is 4.79 Å². The second-order valence-electron chi connectivity index (χ2n) is 7.65. The first-order valence-corrected chi connectivity index (χ1v) is 10.5. The molecular formula is C25H30N6O2. The topological polar surface area (TPSA) is 117 Å². The lowest BCUT2D eigenvalue weighted by Gasteiger charge is -2.14. The number of carbonyl (C=O) groups is 1. The first-order valence-electron chi connectivity index (χ1n) is 10.5. The van der Waals surface area contributed by atoms with Crippen molar-refractivity contribution in [1.29, 1.82) is 0 Å². The monoisotopic (exact) mass is 446 g/mol. The number of nitrogens with zero attached hydrogens (tertiary/aromatic N) is 4. The standard InChI is InChI=1S/C18H17N5.C7H13NO2/c1-4-12-6-5-7-13(8-12)14-9-15(22-11(2)3)16-17(23-14)18(19)21-10-20-16;1-7(10)8(2)5-3-4-6-9/h1,5-11H,2-3H3,(H,22,23)(H2,19,20,21);4,6,9H,3,5H2,1-2H3. The van der Waals surface area contributed by atoms with Crippen molar-refractivity contribution in [2.75, 3.05) is 24.6 Å². The summed E-state index contributed by atoms with van der Waals surface area (Å²) in [6.07, 6.45) is 10.2. The van der Waals surface area contributed by atoms with Crippen LogP contribution in [0.4, 0.5) is 11.5 Å². The largest absolute Gasteiger partial charge is 0.516 e. The average molecular weight is 447 g/mol. The molecule has 0 atom stereocenters. The van der Waals surface area contributed by atoms with Crippen LogP contribution < -0.4 is 11.1 Å². The molecule has 4 N–H and O–H groups in total. The van der Waals surface area contributed by atoms with Gasteiger partial charge in [0.1, 0.15) is 17.4 Å². The summed E-state index contributed by atoms with van der Waals surface area (Å²) >= 11 is 0. The highest BCUT2D eigenvalue weighted by Gasteiger charge is 2.12. The number of aromatic nitrogens is 3. The van der Waals surface area contributed by atoms with E-state index in [4.69, 9.17) is 17.3 Å². The van der Waals surface area contributed by atoms with E-state index in [0.29, 0.717) is 29.8 Å². The number of benzene rings is 1. The Labute approximate surface area is 194 Å². The van der Waals surface area contributed by atoms with Gasteiger partial charge in [0.05, 0.1) is 17.6 Å². The highest BCUT2D eigenvalue weighted by atomic mass is 16.2. The highest BCUT2D eigenvalue weighted by Crippen LogP contribution is 2.29. The van der Waals surface area contributed by atoms with Crippen molar-refractivity contribution in [3.63, 3.8) is 0 Å². The highest BCUT2D eigenvalue weighted by molar-refractivity contribution is 5.95. The summed E-state index contributed by atoms with van der Waals surface area (Å²) in [4.78, 5) is 25.2. The Morgan fingerprint density at radius 3 is 2.70 bits per heavy atom. The summed E-state index contributed by atoms with van der Waals surface area (Å²) in [6, 6.07) is 9.90. The van der Waals surface area contributed by atoms with Gasteiger partial charge < -0.3 is 21.1 Å². The SMILES string of the molecule is C#Cc1cccc(-c2cc(NC(C)C)c3ncnc(N)c3n2)c1.CC(=O)N(C)CCC=CO. The summed E-state index contributed by atoms with van der Waals surface area (Å²) in [5, 5.41) is 11.6. The summed E-state index contributed by atoms with van der Waals surface area (Å²) in [6.45, 7) is 6.31. The number of pyridine rings is 1. The number of nitrogen functional groups attached to an aromatic ring is 1. The van der Waals surface area contributed by atoms with E-state index in [1.807, 2.05) is 30.3 Å². The molecule has 2 heterocycles. The Kier molecular flexibility index (Phi) is 9.18. The molecule has 33 heavy (non-hydrogen) atoms. The Morgan fingerprint density at radius 1 is 1.30 bits per heavy atom. The van der Waals surface area contributed by atoms with Crippen LogP contribution in [-0.2, 0) is 4.79 Å². The Morgan fingerprint density at radius 2 is 2.06 bits per heavy atom. The zero-order valence-electron chi connectivity index (χ0n) is 19.4. The number of terminal acetylenes is 1. The van der Waals surface area contributed by atoms with Gasteiger partial charge in [0.2, 0.25) is 5.91 Å². The maximum Gasteiger partial charge on any atom is 0.219 e. The number of nitrogens with one attached hydrogen (secondary N) is 1. The zero-order valence-corrected chi connectivity index (χ0v) is 19.4. The smallest absolute Gasteiger partial charge is 0.219 e. The normalized spacial score (nSPS) is 10.5. The molecule has 0 spiro atoms. The summed E-state index contributed by atoms with van der Waals surface area (Å²) in [7, 11) is 1.73. The van der Waals surface area contributed by atoms with Gasteiger partial charge in [-0.3, -0.25) is 4.79 Å². The maximum absolute atomic E-state index is 10.6. The molecule has 0 saturated carbocycles. The van der Waals surface area contributed by atoms with E-state index in [-0.39, 0.29) is 11.9 Å². The molecule has 0 aliphatic heterocycles. The number of aliphatic hydroxyl groups is 1. The van der Waals surface area contributed by atoms with Crippen molar-refractivity contribution in [1.82, 2.24) is 19.9 Å². The van der Waals surface area contributed by atoms with Gasteiger partial charge in [-0.05, 0) is 44.5 Å². The van der Waals surface area contributed by atoms with Gasteiger partial charge >= 0.3 is 0 Å². The minimum Gasteiger partial charge on any atom is -0.516 e. The minimum absolute atomic E-state index is 0.0475. The summed E-state index contributed by atoms with van der Waals surface area (Å²) in [5.74, 6) is 3.05. The number of carbonyl (C=O) groups excluding carboxylic acids is 1. The lowest BCUT2D eigenvalue weighted by molar-refractivity contribution is -0.127. The van der Waals surface area contributed by atoms with Gasteiger partial charge in [-0.2, -0.15) is 0 Å². The fourth-order valence-electron chi connectivity index (χ4n) is 2.89. The van der Waals surface area contributed by atoms with Crippen LogP contribution in [0.25, 0.3) is 22.3 Å². The molecule has 8 nitrogen and oxygen atoms in total. The summed E-state index contributed by atoms with van der Waals surface area (Å²) in [5.41, 5.74) is 10.7. The zero-order chi connectivity index (χ0) is 24.4. The van der Waals surface area contributed by atoms with Crippen molar-refractivity contribution < 1.29 is 9.90 Å². The number of anilines is 2. The first kappa shape index (κ1) is 25.1. The fraction of sp³-hybridized carbons (Fsp3) is 0.280. The van der Waals surface area contributed by atoms with E-state index in [1.54, 1.807) is 18.0 Å². The maximum atomic E-state index is 10.6. The quantitative estimate of drug-likeness (QED) is 0.387. The molecule has 3 aromatic rings. The number of nitrogens with two attached hydrogens (primary N) is 1. The number of fused-ring (bicyclic) bond motifs is 1. The number of amides is 1. The van der Waals surface area contributed by atoms with Gasteiger partial charge in [0.15, 0.2) is 5.82 Å². The molecule has 0 bridgehead atoms. The van der Waals surface area contributed by atoms with Crippen LogP contribution in [0.5, 0.6) is 0 Å². The van der Waals surface area contributed by atoms with Crippen molar-refractivity contribution in [2.45, 2.75) is 33.2 Å². The van der Waals surface area contributed by atoms with Crippen molar-refractivity contribution in [2.24, 2.45) is 0 Å². The minimum atomic E-state index is 0.0475. The molecule has 3 rings (SSSR count). The van der Waals surface area contributed by atoms with Crippen LogP contribution in [0.1, 0.15) is 32.8 Å². The Hall–Kier alpha value is -4.12. The Bertz CT molecular complexity index is 1170. The Balaban J connectivity index is 0.000000328. The molecule has 0 saturated heterocycles. The number of hydrogen-bond acceptors (Lipinski definition) is 7. The first-order chi connectivity index (χ1) is 15.8. The van der Waals surface area contributed by atoms with Gasteiger partial charge in [-0.15, -0.1) is 6.42 Å². The van der Waals surface area contributed by atoms with Crippen LogP contribution in [0.2, 0.25) is 0 Å². The molecular weight excluding hydrogens is 416 g/mol. The van der Waals surface area contributed by atoms with Crippen LogP contribution in [0.3, 0.4) is 0 Å². The second-order valence-corrected chi connectivity index (χ2v) is 7.65. The predicted octanol–water partition coefficient (Wildman–Crippen LogP) is 4.00. The van der Waals surface area contributed by atoms with Crippen LogP contribution in [-0.4, -0.2) is 50.5 Å². The lowest BCUT2D eigenvalue weighted by atomic mass is 10.1.